The van der Waals surface area contributed by atoms with Crippen LogP contribution in [0.15, 0.2) is 30.5 Å². The van der Waals surface area contributed by atoms with Gasteiger partial charge in [-0.3, -0.25) is 5.43 Å². The summed E-state index contributed by atoms with van der Waals surface area (Å²) in [5.41, 5.74) is 3.91. The van der Waals surface area contributed by atoms with Gasteiger partial charge in [-0.05, 0) is 23.1 Å². The van der Waals surface area contributed by atoms with E-state index in [0.29, 0.717) is 11.7 Å². The lowest BCUT2D eigenvalue weighted by atomic mass is 9.87. The van der Waals surface area contributed by atoms with Crippen LogP contribution in [0.1, 0.15) is 31.2 Å². The molecule has 0 saturated heterocycles. The fraction of sp³-hybridized carbons (Fsp3) is 0.357. The third kappa shape index (κ3) is 3.68. The summed E-state index contributed by atoms with van der Waals surface area (Å²) in [6, 6.07) is 8.20. The van der Waals surface area contributed by atoms with Crippen molar-refractivity contribution in [2.24, 2.45) is 5.84 Å². The average Bonchev–Trinajstić information content (AvgIpc) is 2.84. The first-order chi connectivity index (χ1) is 8.99. The highest BCUT2D eigenvalue weighted by Gasteiger charge is 2.14. The highest BCUT2D eigenvalue weighted by atomic mass is 32.1. The molecule has 0 aliphatic carbocycles. The van der Waals surface area contributed by atoms with E-state index in [0.717, 1.165) is 10.6 Å². The highest BCUT2D eigenvalue weighted by molar-refractivity contribution is 7.15. The zero-order valence-corrected chi connectivity index (χ0v) is 12.3. The molecule has 5 heteroatoms. The van der Waals surface area contributed by atoms with Crippen LogP contribution in [-0.2, 0) is 12.0 Å². The van der Waals surface area contributed by atoms with Gasteiger partial charge >= 0.3 is 0 Å². The van der Waals surface area contributed by atoms with Gasteiger partial charge in [-0.1, -0.05) is 44.2 Å². The topological polar surface area (TPSA) is 60.2 Å². The van der Waals surface area contributed by atoms with Gasteiger partial charge in [0.05, 0.1) is 4.88 Å². The Balaban J connectivity index is 2.03. The van der Waals surface area contributed by atoms with Gasteiger partial charge in [0.15, 0.2) is 5.13 Å². The van der Waals surface area contributed by atoms with Gasteiger partial charge in [0.1, 0.15) is 12.4 Å². The summed E-state index contributed by atoms with van der Waals surface area (Å²) in [6.45, 7) is 7.07. The van der Waals surface area contributed by atoms with Crippen LogP contribution in [0.3, 0.4) is 0 Å². The van der Waals surface area contributed by atoms with E-state index in [4.69, 9.17) is 10.6 Å². The van der Waals surface area contributed by atoms with Gasteiger partial charge in [0.2, 0.25) is 0 Å². The van der Waals surface area contributed by atoms with Crippen LogP contribution >= 0.6 is 11.3 Å². The molecule has 0 atom stereocenters. The third-order valence-electron chi connectivity index (χ3n) is 2.76. The van der Waals surface area contributed by atoms with E-state index in [2.05, 4.69) is 43.3 Å². The monoisotopic (exact) mass is 277 g/mol. The molecule has 0 amide bonds. The van der Waals surface area contributed by atoms with Crippen molar-refractivity contribution in [3.05, 3.63) is 40.9 Å². The smallest absolute Gasteiger partial charge is 0.197 e. The van der Waals surface area contributed by atoms with Gasteiger partial charge in [-0.25, -0.2) is 10.8 Å². The lowest BCUT2D eigenvalue weighted by Gasteiger charge is -2.19. The predicted octanol–water partition coefficient (Wildman–Crippen LogP) is 3.31. The Labute approximate surface area is 117 Å². The normalized spacial score (nSPS) is 11.4. The number of ether oxygens (including phenoxy) is 1. The van der Waals surface area contributed by atoms with Crippen LogP contribution < -0.4 is 16.0 Å². The van der Waals surface area contributed by atoms with Crippen LogP contribution in [0, 0.1) is 0 Å². The van der Waals surface area contributed by atoms with E-state index in [1.54, 1.807) is 6.20 Å². The Hall–Kier alpha value is -1.59. The van der Waals surface area contributed by atoms with Gasteiger partial charge in [-0.15, -0.1) is 0 Å². The Morgan fingerprint density at radius 1 is 1.37 bits per heavy atom. The zero-order chi connectivity index (χ0) is 13.9. The Bertz CT molecular complexity index is 546. The molecule has 0 radical (unpaired) electrons. The lowest BCUT2D eigenvalue weighted by Crippen LogP contribution is -2.10. The number of hydrogen-bond acceptors (Lipinski definition) is 5. The molecule has 0 spiro atoms. The zero-order valence-electron chi connectivity index (χ0n) is 11.4. The summed E-state index contributed by atoms with van der Waals surface area (Å²) in [5, 5.41) is 0.696. The molecule has 0 saturated carbocycles. The van der Waals surface area contributed by atoms with E-state index in [1.165, 1.54) is 16.9 Å². The molecule has 0 fully saturated rings. The number of thiazole rings is 1. The summed E-state index contributed by atoms with van der Waals surface area (Å²) in [4.78, 5) is 5.14. The molecule has 19 heavy (non-hydrogen) atoms. The van der Waals surface area contributed by atoms with Crippen molar-refractivity contribution < 1.29 is 4.74 Å². The van der Waals surface area contributed by atoms with Crippen molar-refractivity contribution in [1.82, 2.24) is 4.98 Å². The lowest BCUT2D eigenvalue weighted by molar-refractivity contribution is 0.308. The first-order valence-electron chi connectivity index (χ1n) is 6.14. The van der Waals surface area contributed by atoms with Crippen LogP contribution in [0.2, 0.25) is 0 Å². The van der Waals surface area contributed by atoms with E-state index in [9.17, 15) is 0 Å². The fourth-order valence-electron chi connectivity index (χ4n) is 1.65. The first-order valence-corrected chi connectivity index (χ1v) is 6.95. The second-order valence-corrected chi connectivity index (χ2v) is 6.46. The average molecular weight is 277 g/mol. The number of aromatic nitrogens is 1. The molecule has 1 aromatic heterocycles. The van der Waals surface area contributed by atoms with Gasteiger partial charge in [0.25, 0.3) is 0 Å². The van der Waals surface area contributed by atoms with Crippen molar-refractivity contribution in [3.8, 4) is 5.75 Å². The number of benzene rings is 1. The molecular weight excluding hydrogens is 258 g/mol. The van der Waals surface area contributed by atoms with Crippen LogP contribution in [-0.4, -0.2) is 4.98 Å². The van der Waals surface area contributed by atoms with Gasteiger partial charge in [0, 0.05) is 6.20 Å². The maximum atomic E-state index is 5.79. The van der Waals surface area contributed by atoms with Gasteiger partial charge in [-0.2, -0.15) is 0 Å². The largest absolute Gasteiger partial charge is 0.488 e. The molecule has 0 unspecified atom stereocenters. The summed E-state index contributed by atoms with van der Waals surface area (Å²) < 4.78 is 5.79. The summed E-state index contributed by atoms with van der Waals surface area (Å²) in [6.07, 6.45) is 1.77. The molecule has 3 N–H and O–H groups in total. The van der Waals surface area contributed by atoms with Gasteiger partial charge < -0.3 is 4.74 Å². The molecule has 0 aliphatic heterocycles. The van der Waals surface area contributed by atoms with E-state index >= 15 is 0 Å². The minimum absolute atomic E-state index is 0.125. The second kappa shape index (κ2) is 5.59. The summed E-state index contributed by atoms with van der Waals surface area (Å²) >= 11 is 1.49. The molecule has 2 aromatic rings. The maximum absolute atomic E-state index is 5.79. The standard InChI is InChI=1S/C14H19N3OS/c1-14(2,3)10-5-4-6-11(7-10)18-9-12-8-16-13(17-15)19-12/h4-8H,9,15H2,1-3H3,(H,16,17). The van der Waals surface area contributed by atoms with Crippen molar-refractivity contribution >= 4 is 16.5 Å². The number of hydrogen-bond donors (Lipinski definition) is 2. The predicted molar refractivity (Wildman–Crippen MR) is 79.4 cm³/mol. The number of nitrogens with zero attached hydrogens (tertiary/aromatic N) is 1. The fourth-order valence-corrected chi connectivity index (χ4v) is 2.28. The number of nitrogen functional groups attached to an aromatic ring is 1. The maximum Gasteiger partial charge on any atom is 0.197 e. The molecule has 102 valence electrons. The Morgan fingerprint density at radius 3 is 2.79 bits per heavy atom. The van der Waals surface area contributed by atoms with Crippen molar-refractivity contribution in [2.45, 2.75) is 32.8 Å². The first kappa shape index (κ1) is 13.8. The third-order valence-corrected chi connectivity index (χ3v) is 3.66. The Morgan fingerprint density at radius 2 is 2.16 bits per heavy atom. The quantitative estimate of drug-likeness (QED) is 0.665. The van der Waals surface area contributed by atoms with Crippen molar-refractivity contribution in [2.75, 3.05) is 5.43 Å². The number of rotatable bonds is 4. The van der Waals surface area contributed by atoms with Crippen molar-refractivity contribution in [3.63, 3.8) is 0 Å². The van der Waals surface area contributed by atoms with Crippen LogP contribution in [0.4, 0.5) is 5.13 Å². The Kier molecular flexibility index (Phi) is 4.07. The second-order valence-electron chi connectivity index (χ2n) is 5.34. The van der Waals surface area contributed by atoms with Crippen LogP contribution in [0.5, 0.6) is 5.75 Å². The molecule has 0 bridgehead atoms. The van der Waals surface area contributed by atoms with E-state index in [-0.39, 0.29) is 5.41 Å². The SMILES string of the molecule is CC(C)(C)c1cccc(OCc2cnc(NN)s2)c1. The molecule has 1 heterocycles. The molecule has 0 aliphatic rings. The van der Waals surface area contributed by atoms with E-state index in [1.807, 2.05) is 12.1 Å². The molecule has 1 aromatic carbocycles. The molecule has 2 rings (SSSR count). The highest BCUT2D eigenvalue weighted by Crippen LogP contribution is 2.26. The van der Waals surface area contributed by atoms with E-state index < -0.39 is 0 Å². The minimum atomic E-state index is 0.125. The number of nitrogens with two attached hydrogens (primary N) is 1. The number of nitrogens with one attached hydrogen (secondary N) is 1. The minimum Gasteiger partial charge on any atom is -0.488 e. The molecular formula is C14H19N3OS. The number of hydrazine groups is 1. The molecule has 4 nitrogen and oxygen atoms in total. The van der Waals surface area contributed by atoms with Crippen LogP contribution in [0.25, 0.3) is 0 Å². The summed E-state index contributed by atoms with van der Waals surface area (Å²) in [7, 11) is 0. The number of anilines is 1. The van der Waals surface area contributed by atoms with Crippen molar-refractivity contribution in [1.29, 1.82) is 0 Å². The summed E-state index contributed by atoms with van der Waals surface area (Å²) in [5.74, 6) is 6.17.